The largest absolute Gasteiger partial charge is 0.496 e. The summed E-state index contributed by atoms with van der Waals surface area (Å²) in [6.45, 7) is 0.0821. The molecule has 0 spiro atoms. The van der Waals surface area contributed by atoms with E-state index in [-0.39, 0.29) is 6.42 Å². The molecule has 266 valence electrons. The number of methoxy groups -OCH3 is 1. The molecule has 0 saturated carbocycles. The lowest BCUT2D eigenvalue weighted by Gasteiger charge is -2.42. The lowest BCUT2D eigenvalue weighted by atomic mass is 9.76. The Morgan fingerprint density at radius 3 is 2.20 bits per heavy atom. The third-order valence-corrected chi connectivity index (χ3v) is 9.89. The highest BCUT2D eigenvalue weighted by molar-refractivity contribution is 6.34. The monoisotopic (exact) mass is 713 g/mol. The average Bonchev–Trinajstić information content (AvgIpc) is 3.03. The summed E-state index contributed by atoms with van der Waals surface area (Å²) in [5, 5.41) is 13.8. The maximum absolute atomic E-state index is 14.4. The Morgan fingerprint density at radius 2 is 1.59 bits per heavy atom. The van der Waals surface area contributed by atoms with E-state index >= 15 is 0 Å². The van der Waals surface area contributed by atoms with E-state index in [9.17, 15) is 41.0 Å². The van der Waals surface area contributed by atoms with Crippen LogP contribution in [0, 0.1) is 5.41 Å². The van der Waals surface area contributed by atoms with Crippen molar-refractivity contribution in [1.29, 1.82) is 0 Å². The van der Waals surface area contributed by atoms with Crippen LogP contribution in [0.15, 0.2) is 48.5 Å². The summed E-state index contributed by atoms with van der Waals surface area (Å²) in [6, 6.07) is 12.6. The fourth-order valence-corrected chi connectivity index (χ4v) is 7.33. The Labute approximate surface area is 285 Å². The first-order valence-electron chi connectivity index (χ1n) is 16.1. The number of likely N-dealkylation sites (tertiary alicyclic amines) is 2. The minimum atomic E-state index is -5.11. The zero-order valence-electron chi connectivity index (χ0n) is 26.9. The van der Waals surface area contributed by atoms with Gasteiger partial charge in [-0.25, -0.2) is 4.79 Å². The molecule has 5 rings (SSSR count). The number of halogens is 7. The van der Waals surface area contributed by atoms with Gasteiger partial charge in [-0.1, -0.05) is 54.4 Å². The molecule has 1 atom stereocenters. The molecule has 0 radical (unpaired) electrons. The number of carboxylic acid groups (broad SMARTS) is 1. The van der Waals surface area contributed by atoms with Crippen LogP contribution in [0.1, 0.15) is 43.2 Å². The van der Waals surface area contributed by atoms with Crippen molar-refractivity contribution in [2.24, 2.45) is 5.41 Å². The summed E-state index contributed by atoms with van der Waals surface area (Å²) in [5.74, 6) is -2.57. The van der Waals surface area contributed by atoms with Crippen LogP contribution in [0.5, 0.6) is 5.75 Å². The van der Waals surface area contributed by atoms with Gasteiger partial charge in [0.1, 0.15) is 17.2 Å². The molecule has 0 aliphatic carbocycles. The van der Waals surface area contributed by atoms with Crippen molar-refractivity contribution < 1.29 is 45.8 Å². The topological polar surface area (TPSA) is 82.1 Å². The molecule has 2 heterocycles. The maximum atomic E-state index is 14.4. The fraction of sp³-hybridized carbons (Fsp3) is 0.486. The number of nitrogens with zero attached hydrogens (tertiary/aromatic N) is 2. The van der Waals surface area contributed by atoms with Crippen molar-refractivity contribution >= 4 is 34.2 Å². The van der Waals surface area contributed by atoms with Crippen LogP contribution in [0.2, 0.25) is 5.02 Å². The van der Waals surface area contributed by atoms with Crippen LogP contribution < -0.4 is 10.1 Å². The maximum Gasteiger partial charge on any atom is 0.403 e. The molecule has 7 nitrogen and oxygen atoms in total. The minimum absolute atomic E-state index is 0.352. The number of rotatable bonds is 10. The van der Waals surface area contributed by atoms with Gasteiger partial charge in [0.15, 0.2) is 0 Å². The number of amides is 1. The van der Waals surface area contributed by atoms with Gasteiger partial charge in [0.2, 0.25) is 5.91 Å². The molecule has 14 heteroatoms. The van der Waals surface area contributed by atoms with Gasteiger partial charge in [-0.15, -0.1) is 0 Å². The number of benzene rings is 3. The van der Waals surface area contributed by atoms with Crippen LogP contribution in [-0.2, 0) is 22.6 Å². The van der Waals surface area contributed by atoms with Gasteiger partial charge in [0.25, 0.3) is 0 Å². The second kappa shape index (κ2) is 14.7. The Kier molecular flexibility index (Phi) is 11.0. The number of alkyl halides is 6. The Bertz CT molecular complexity index is 1670. The summed E-state index contributed by atoms with van der Waals surface area (Å²) in [4.78, 5) is 28.8. The van der Waals surface area contributed by atoms with E-state index in [0.717, 1.165) is 42.9 Å². The number of piperidine rings is 2. The zero-order chi connectivity index (χ0) is 35.6. The molecule has 2 N–H and O–H groups in total. The molecule has 3 aromatic rings. The van der Waals surface area contributed by atoms with E-state index in [2.05, 4.69) is 10.2 Å². The molecule has 1 amide bonds. The first kappa shape index (κ1) is 36.7. The molecular formula is C35H38ClF6N3O4. The Morgan fingerprint density at radius 1 is 0.939 bits per heavy atom. The molecule has 49 heavy (non-hydrogen) atoms. The smallest absolute Gasteiger partial charge is 0.403 e. The normalized spacial score (nSPS) is 18.3. The number of fused-ring (bicyclic) bond motifs is 1. The van der Waals surface area contributed by atoms with Gasteiger partial charge in [-0.2, -0.15) is 26.3 Å². The molecule has 2 saturated heterocycles. The second-order valence-electron chi connectivity index (χ2n) is 12.8. The molecular weight excluding hydrogens is 676 g/mol. The SMILES string of the molecule is COc1cc(CN2CCCCC2)cc(Cl)c1-c1cccc2c(C[C@H](NC(=O)C3(C(F)(F)F)CCN(CC(F)(F)F)CC3)C(=O)O)cccc12. The number of carboxylic acids is 1. The number of nitrogens with one attached hydrogen (secondary N) is 1. The van der Waals surface area contributed by atoms with Gasteiger partial charge in [0.05, 0.1) is 18.7 Å². The van der Waals surface area contributed by atoms with Crippen LogP contribution >= 0.6 is 11.6 Å². The third-order valence-electron chi connectivity index (χ3n) is 9.59. The molecule has 0 unspecified atom stereocenters. The summed E-state index contributed by atoms with van der Waals surface area (Å²) in [6.07, 6.45) is -8.44. The van der Waals surface area contributed by atoms with Gasteiger partial charge in [0, 0.05) is 18.5 Å². The minimum Gasteiger partial charge on any atom is -0.496 e. The quantitative estimate of drug-likeness (QED) is 0.212. The number of hydrogen-bond donors (Lipinski definition) is 2. The van der Waals surface area contributed by atoms with E-state index in [1.54, 1.807) is 31.4 Å². The van der Waals surface area contributed by atoms with Crippen molar-refractivity contribution in [1.82, 2.24) is 15.1 Å². The summed E-state index contributed by atoms with van der Waals surface area (Å²) >= 11 is 6.88. The predicted octanol–water partition coefficient (Wildman–Crippen LogP) is 7.47. The summed E-state index contributed by atoms with van der Waals surface area (Å²) < 4.78 is 87.4. The average molecular weight is 714 g/mol. The highest BCUT2D eigenvalue weighted by atomic mass is 35.5. The van der Waals surface area contributed by atoms with E-state index in [4.69, 9.17) is 16.3 Å². The standard InChI is InChI=1S/C35H38ClF6N3O4/c1-49-29-18-22(20-44-13-3-2-4-14-44)17-27(36)30(29)26-10-6-8-24-23(7-5-9-25(24)26)19-28(31(46)47)43-32(48)33(35(40,41)42)11-15-45(16-12-33)21-34(37,38)39/h5-10,17-18,28H,2-4,11-16,19-21H2,1H3,(H,43,48)(H,46,47)/t28-/m0/s1. The van der Waals surface area contributed by atoms with Crippen molar-refractivity contribution in [3.05, 3.63) is 64.7 Å². The van der Waals surface area contributed by atoms with E-state index < -0.39 is 68.2 Å². The molecule has 3 aromatic carbocycles. The van der Waals surface area contributed by atoms with Gasteiger partial charge < -0.3 is 15.2 Å². The van der Waals surface area contributed by atoms with E-state index in [1.165, 1.54) is 6.42 Å². The first-order valence-corrected chi connectivity index (χ1v) is 16.5. The Hall–Kier alpha value is -3.55. The van der Waals surface area contributed by atoms with Crippen molar-refractivity contribution in [2.45, 2.75) is 63.5 Å². The number of aliphatic carboxylic acids is 1. The molecule has 0 bridgehead atoms. The second-order valence-corrected chi connectivity index (χ2v) is 13.3. The van der Waals surface area contributed by atoms with Crippen LogP contribution in [-0.4, -0.2) is 85.0 Å². The summed E-state index contributed by atoms with van der Waals surface area (Å²) in [7, 11) is 1.55. The molecule has 0 aromatic heterocycles. The summed E-state index contributed by atoms with van der Waals surface area (Å²) in [5.41, 5.74) is -0.256. The predicted molar refractivity (Wildman–Crippen MR) is 174 cm³/mol. The number of carbonyl (C=O) groups is 2. The molecule has 2 aliphatic rings. The molecule has 2 fully saturated rings. The van der Waals surface area contributed by atoms with Gasteiger partial charge in [-0.05, 0) is 91.5 Å². The molecule has 2 aliphatic heterocycles. The van der Waals surface area contributed by atoms with E-state index in [0.29, 0.717) is 38.2 Å². The zero-order valence-corrected chi connectivity index (χ0v) is 27.6. The van der Waals surface area contributed by atoms with E-state index in [1.807, 2.05) is 24.3 Å². The lowest BCUT2D eigenvalue weighted by Crippen LogP contribution is -2.59. The third kappa shape index (κ3) is 8.26. The highest BCUT2D eigenvalue weighted by Crippen LogP contribution is 2.47. The van der Waals surface area contributed by atoms with Crippen molar-refractivity contribution in [3.63, 3.8) is 0 Å². The first-order chi connectivity index (χ1) is 23.1. The van der Waals surface area contributed by atoms with Crippen LogP contribution in [0.3, 0.4) is 0 Å². The number of carbonyl (C=O) groups excluding carboxylic acids is 1. The number of ether oxygens (including phenoxy) is 1. The van der Waals surface area contributed by atoms with Gasteiger partial charge >= 0.3 is 18.3 Å². The number of hydrogen-bond acceptors (Lipinski definition) is 5. The lowest BCUT2D eigenvalue weighted by molar-refractivity contribution is -0.236. The van der Waals surface area contributed by atoms with Crippen molar-refractivity contribution in [3.8, 4) is 16.9 Å². The van der Waals surface area contributed by atoms with Gasteiger partial charge in [-0.3, -0.25) is 14.6 Å². The van der Waals surface area contributed by atoms with Crippen LogP contribution in [0.4, 0.5) is 26.3 Å². The van der Waals surface area contributed by atoms with Crippen LogP contribution in [0.25, 0.3) is 21.9 Å². The fourth-order valence-electron chi connectivity index (χ4n) is 7.00. The highest BCUT2D eigenvalue weighted by Gasteiger charge is 2.61. The van der Waals surface area contributed by atoms with Crippen molar-refractivity contribution in [2.75, 3.05) is 39.8 Å². The Balaban J connectivity index is 1.41.